The van der Waals surface area contributed by atoms with Gasteiger partial charge in [-0.1, -0.05) is 0 Å². The molecule has 2 N–H and O–H groups in total. The van der Waals surface area contributed by atoms with Gasteiger partial charge in [0.2, 0.25) is 0 Å². The van der Waals surface area contributed by atoms with Crippen molar-refractivity contribution < 1.29 is 14.7 Å². The first kappa shape index (κ1) is 15.5. The van der Waals surface area contributed by atoms with Gasteiger partial charge < -0.3 is 10.4 Å². The molecule has 1 fully saturated rings. The van der Waals surface area contributed by atoms with Crippen LogP contribution < -0.4 is 5.32 Å². The van der Waals surface area contributed by atoms with E-state index in [0.717, 1.165) is 35.1 Å². The zero-order chi connectivity index (χ0) is 15.9. The van der Waals surface area contributed by atoms with E-state index in [1.165, 1.54) is 5.56 Å². The van der Waals surface area contributed by atoms with Crippen LogP contribution in [0.15, 0.2) is 0 Å². The molecule has 21 heavy (non-hydrogen) atoms. The molecule has 0 spiro atoms. The number of carboxylic acid groups (broad SMARTS) is 1. The summed E-state index contributed by atoms with van der Waals surface area (Å²) in [7, 11) is 0. The highest BCUT2D eigenvalue weighted by molar-refractivity contribution is 6.00. The molecule has 1 unspecified atom stereocenters. The molecular weight excluding hydrogens is 266 g/mol. The monoisotopic (exact) mass is 289 g/mol. The second-order valence-corrected chi connectivity index (χ2v) is 6.13. The third kappa shape index (κ3) is 2.80. The number of aliphatic carboxylic acids is 1. The SMILES string of the molecule is Cc1c(C)c(C)c(C(=O)NC(C(=O)O)C2CC2)c(C)c1C. The molecule has 4 heteroatoms. The van der Waals surface area contributed by atoms with Gasteiger partial charge in [-0.2, -0.15) is 0 Å². The van der Waals surface area contributed by atoms with Crippen LogP contribution in [-0.2, 0) is 4.79 Å². The maximum absolute atomic E-state index is 12.6. The van der Waals surface area contributed by atoms with Gasteiger partial charge in [0.05, 0.1) is 0 Å². The van der Waals surface area contributed by atoms with Gasteiger partial charge in [-0.15, -0.1) is 0 Å². The molecule has 1 aliphatic carbocycles. The fraction of sp³-hybridized carbons (Fsp3) is 0.529. The highest BCUT2D eigenvalue weighted by atomic mass is 16.4. The highest BCUT2D eigenvalue weighted by Crippen LogP contribution is 2.33. The van der Waals surface area contributed by atoms with Gasteiger partial charge in [-0.25, -0.2) is 4.79 Å². The van der Waals surface area contributed by atoms with Crippen molar-refractivity contribution in [1.82, 2.24) is 5.32 Å². The molecule has 0 bridgehead atoms. The van der Waals surface area contributed by atoms with Crippen molar-refractivity contribution in [3.05, 3.63) is 33.4 Å². The number of amides is 1. The second kappa shape index (κ2) is 5.51. The van der Waals surface area contributed by atoms with Crippen LogP contribution in [0.3, 0.4) is 0 Å². The quantitative estimate of drug-likeness (QED) is 0.895. The van der Waals surface area contributed by atoms with Crippen molar-refractivity contribution in [3.63, 3.8) is 0 Å². The lowest BCUT2D eigenvalue weighted by molar-refractivity contribution is -0.139. The molecule has 2 rings (SSSR count). The van der Waals surface area contributed by atoms with E-state index in [1.807, 2.05) is 27.7 Å². The molecule has 0 radical (unpaired) electrons. The summed E-state index contributed by atoms with van der Waals surface area (Å²) in [6.07, 6.45) is 1.75. The molecule has 1 aromatic rings. The second-order valence-electron chi connectivity index (χ2n) is 6.13. The highest BCUT2D eigenvalue weighted by Gasteiger charge is 2.37. The van der Waals surface area contributed by atoms with Crippen LogP contribution in [0, 0.1) is 40.5 Å². The third-order valence-electron chi connectivity index (χ3n) is 4.87. The van der Waals surface area contributed by atoms with Gasteiger partial charge in [0, 0.05) is 5.56 Å². The van der Waals surface area contributed by atoms with Crippen LogP contribution in [0.2, 0.25) is 0 Å². The minimum absolute atomic E-state index is 0.0831. The predicted molar refractivity (Wildman–Crippen MR) is 81.7 cm³/mol. The van der Waals surface area contributed by atoms with Crippen molar-refractivity contribution >= 4 is 11.9 Å². The Bertz CT molecular complexity index is 586. The summed E-state index contributed by atoms with van der Waals surface area (Å²) in [5, 5.41) is 12.0. The number of carbonyl (C=O) groups excluding carboxylic acids is 1. The van der Waals surface area contributed by atoms with Gasteiger partial charge in [0.25, 0.3) is 5.91 Å². The minimum Gasteiger partial charge on any atom is -0.480 e. The van der Waals surface area contributed by atoms with Crippen LogP contribution >= 0.6 is 0 Å². The summed E-state index contributed by atoms with van der Waals surface area (Å²) in [5.41, 5.74) is 5.89. The van der Waals surface area contributed by atoms with E-state index in [4.69, 9.17) is 0 Å². The zero-order valence-electron chi connectivity index (χ0n) is 13.3. The molecule has 0 aromatic heterocycles. The molecule has 1 saturated carbocycles. The molecule has 1 aliphatic rings. The van der Waals surface area contributed by atoms with Crippen LogP contribution in [0.25, 0.3) is 0 Å². The maximum atomic E-state index is 12.6. The lowest BCUT2D eigenvalue weighted by Crippen LogP contribution is -2.43. The number of carbonyl (C=O) groups is 2. The van der Waals surface area contributed by atoms with E-state index in [2.05, 4.69) is 12.2 Å². The van der Waals surface area contributed by atoms with Crippen LogP contribution in [0.5, 0.6) is 0 Å². The zero-order valence-corrected chi connectivity index (χ0v) is 13.3. The normalized spacial score (nSPS) is 15.7. The Morgan fingerprint density at radius 3 is 1.76 bits per heavy atom. The lowest BCUT2D eigenvalue weighted by Gasteiger charge is -2.20. The average Bonchev–Trinajstić information content (AvgIpc) is 3.24. The van der Waals surface area contributed by atoms with Crippen molar-refractivity contribution in [1.29, 1.82) is 0 Å². The molecule has 0 saturated heterocycles. The average molecular weight is 289 g/mol. The summed E-state index contributed by atoms with van der Waals surface area (Å²) >= 11 is 0. The predicted octanol–water partition coefficient (Wildman–Crippen LogP) is 2.82. The summed E-state index contributed by atoms with van der Waals surface area (Å²) in [6.45, 7) is 9.91. The lowest BCUT2D eigenvalue weighted by atomic mass is 9.89. The molecule has 1 amide bonds. The molecule has 0 aliphatic heterocycles. The molecule has 114 valence electrons. The Hall–Kier alpha value is -1.84. The Labute approximate surface area is 125 Å². The van der Waals surface area contributed by atoms with E-state index < -0.39 is 12.0 Å². The number of nitrogens with one attached hydrogen (secondary N) is 1. The van der Waals surface area contributed by atoms with Crippen molar-refractivity contribution in [2.75, 3.05) is 0 Å². The topological polar surface area (TPSA) is 66.4 Å². The number of hydrogen-bond donors (Lipinski definition) is 2. The molecule has 1 atom stereocenters. The van der Waals surface area contributed by atoms with Crippen molar-refractivity contribution in [3.8, 4) is 0 Å². The van der Waals surface area contributed by atoms with Crippen LogP contribution in [0.1, 0.15) is 51.0 Å². The summed E-state index contributed by atoms with van der Waals surface area (Å²) in [5.74, 6) is -1.13. The first-order chi connectivity index (χ1) is 9.75. The summed E-state index contributed by atoms with van der Waals surface area (Å²) < 4.78 is 0. The van der Waals surface area contributed by atoms with Crippen molar-refractivity contribution in [2.45, 2.75) is 53.5 Å². The van der Waals surface area contributed by atoms with E-state index >= 15 is 0 Å². The minimum atomic E-state index is -0.943. The number of benzene rings is 1. The first-order valence-electron chi connectivity index (χ1n) is 7.36. The smallest absolute Gasteiger partial charge is 0.326 e. The van der Waals surface area contributed by atoms with Crippen LogP contribution in [0.4, 0.5) is 0 Å². The number of hydrogen-bond acceptors (Lipinski definition) is 2. The van der Waals surface area contributed by atoms with Gasteiger partial charge in [-0.3, -0.25) is 4.79 Å². The van der Waals surface area contributed by atoms with Gasteiger partial charge in [0.15, 0.2) is 0 Å². The molecule has 0 heterocycles. The Morgan fingerprint density at radius 2 is 1.38 bits per heavy atom. The summed E-state index contributed by atoms with van der Waals surface area (Å²) in [4.78, 5) is 23.9. The number of carboxylic acids is 1. The first-order valence-corrected chi connectivity index (χ1v) is 7.36. The Morgan fingerprint density at radius 1 is 0.952 bits per heavy atom. The molecule has 1 aromatic carbocycles. The fourth-order valence-electron chi connectivity index (χ4n) is 2.86. The van der Waals surface area contributed by atoms with Crippen molar-refractivity contribution in [2.24, 2.45) is 5.92 Å². The Balaban J connectivity index is 2.37. The summed E-state index contributed by atoms with van der Waals surface area (Å²) in [6, 6.07) is -0.766. The number of rotatable bonds is 4. The third-order valence-corrected chi connectivity index (χ3v) is 4.87. The fourth-order valence-corrected chi connectivity index (χ4v) is 2.86. The largest absolute Gasteiger partial charge is 0.480 e. The van der Waals surface area contributed by atoms with Crippen LogP contribution in [-0.4, -0.2) is 23.0 Å². The van der Waals surface area contributed by atoms with E-state index in [9.17, 15) is 14.7 Å². The molecular formula is C17H23NO3. The van der Waals surface area contributed by atoms with Gasteiger partial charge in [-0.05, 0) is 81.2 Å². The van der Waals surface area contributed by atoms with E-state index in [1.54, 1.807) is 0 Å². The van der Waals surface area contributed by atoms with E-state index in [0.29, 0.717) is 5.56 Å². The maximum Gasteiger partial charge on any atom is 0.326 e. The standard InChI is InChI=1S/C17H23NO3/c1-8-9(2)11(4)14(12(5)10(8)3)16(19)18-15(17(20)21)13-6-7-13/h13,15H,6-7H2,1-5H3,(H,18,19)(H,20,21). The van der Waals surface area contributed by atoms with Gasteiger partial charge >= 0.3 is 5.97 Å². The Kier molecular flexibility index (Phi) is 4.08. The van der Waals surface area contributed by atoms with Gasteiger partial charge in [0.1, 0.15) is 6.04 Å². The van der Waals surface area contributed by atoms with E-state index in [-0.39, 0.29) is 11.8 Å². The molecule has 4 nitrogen and oxygen atoms in total.